The SMILES string of the molecule is NC(=O)c1ccc(CN(C(=O)C2CC(=O)N(c3ccc4c(c3)OCCO4)C2)C2CC2)cc1. The Balaban J connectivity index is 1.30. The first kappa shape index (κ1) is 20.4. The number of benzene rings is 2. The number of nitrogens with zero attached hydrogens (tertiary/aromatic N) is 2. The summed E-state index contributed by atoms with van der Waals surface area (Å²) in [6, 6.07) is 12.6. The minimum Gasteiger partial charge on any atom is -0.486 e. The van der Waals surface area contributed by atoms with Gasteiger partial charge in [0.2, 0.25) is 17.7 Å². The average molecular weight is 435 g/mol. The maximum Gasteiger partial charge on any atom is 0.248 e. The second kappa shape index (κ2) is 8.18. The number of hydrogen-bond donors (Lipinski definition) is 1. The molecule has 0 radical (unpaired) electrons. The predicted octanol–water partition coefficient (Wildman–Crippen LogP) is 2.10. The van der Waals surface area contributed by atoms with Crippen LogP contribution in [0.25, 0.3) is 0 Å². The minimum absolute atomic E-state index is 0.000119. The van der Waals surface area contributed by atoms with Gasteiger partial charge >= 0.3 is 0 Å². The molecule has 2 aliphatic heterocycles. The molecule has 1 saturated carbocycles. The van der Waals surface area contributed by atoms with Crippen molar-refractivity contribution in [2.45, 2.75) is 31.8 Å². The third-order valence-corrected chi connectivity index (χ3v) is 6.17. The van der Waals surface area contributed by atoms with Crippen LogP contribution in [0.4, 0.5) is 5.69 Å². The number of rotatable bonds is 6. The van der Waals surface area contributed by atoms with Gasteiger partial charge in [0.05, 0.1) is 5.92 Å². The van der Waals surface area contributed by atoms with Crippen LogP contribution < -0.4 is 20.1 Å². The molecule has 1 atom stereocenters. The van der Waals surface area contributed by atoms with Gasteiger partial charge in [0.15, 0.2) is 11.5 Å². The van der Waals surface area contributed by atoms with Gasteiger partial charge in [-0.05, 0) is 42.7 Å². The van der Waals surface area contributed by atoms with Crippen molar-refractivity contribution in [1.82, 2.24) is 4.90 Å². The largest absolute Gasteiger partial charge is 0.486 e. The van der Waals surface area contributed by atoms with Crippen LogP contribution in [-0.4, -0.2) is 48.4 Å². The predicted molar refractivity (Wildman–Crippen MR) is 116 cm³/mol. The van der Waals surface area contributed by atoms with E-state index < -0.39 is 5.91 Å². The standard InChI is InChI=1S/C24H25N3O5/c25-23(29)16-3-1-15(2-4-16)13-27(18-5-6-18)24(30)17-11-22(28)26(14-17)19-7-8-20-21(12-19)32-10-9-31-20/h1-4,7-8,12,17-18H,5-6,9-11,13-14H2,(H2,25,29). The second-order valence-electron chi connectivity index (χ2n) is 8.49. The molecule has 8 heteroatoms. The van der Waals surface area contributed by atoms with Crippen LogP contribution >= 0.6 is 0 Å². The van der Waals surface area contributed by atoms with Crippen molar-refractivity contribution < 1.29 is 23.9 Å². The average Bonchev–Trinajstić information content (AvgIpc) is 3.58. The Kier molecular flexibility index (Phi) is 5.20. The van der Waals surface area contributed by atoms with Gasteiger partial charge in [0.25, 0.3) is 0 Å². The summed E-state index contributed by atoms with van der Waals surface area (Å²) in [4.78, 5) is 41.0. The van der Waals surface area contributed by atoms with Crippen LogP contribution in [0, 0.1) is 5.92 Å². The number of hydrogen-bond acceptors (Lipinski definition) is 5. The quantitative estimate of drug-likeness (QED) is 0.749. The molecule has 32 heavy (non-hydrogen) atoms. The van der Waals surface area contributed by atoms with Gasteiger partial charge < -0.3 is 25.0 Å². The lowest BCUT2D eigenvalue weighted by Gasteiger charge is -2.26. The molecule has 1 aliphatic carbocycles. The summed E-state index contributed by atoms with van der Waals surface area (Å²) < 4.78 is 11.2. The van der Waals surface area contributed by atoms with Crippen molar-refractivity contribution in [2.24, 2.45) is 11.7 Å². The zero-order valence-electron chi connectivity index (χ0n) is 17.7. The highest BCUT2D eigenvalue weighted by Gasteiger charge is 2.41. The van der Waals surface area contributed by atoms with E-state index in [4.69, 9.17) is 15.2 Å². The zero-order chi connectivity index (χ0) is 22.2. The van der Waals surface area contributed by atoms with Gasteiger partial charge in [-0.25, -0.2) is 0 Å². The van der Waals surface area contributed by atoms with Gasteiger partial charge in [-0.3, -0.25) is 14.4 Å². The van der Waals surface area contributed by atoms with E-state index >= 15 is 0 Å². The van der Waals surface area contributed by atoms with Gasteiger partial charge in [0, 0.05) is 42.9 Å². The lowest BCUT2D eigenvalue weighted by molar-refractivity contribution is -0.137. The molecule has 2 aromatic carbocycles. The molecule has 3 amide bonds. The topological polar surface area (TPSA) is 102 Å². The molecule has 8 nitrogen and oxygen atoms in total. The second-order valence-corrected chi connectivity index (χ2v) is 8.49. The Morgan fingerprint density at radius 2 is 1.75 bits per heavy atom. The number of carbonyl (C=O) groups excluding carboxylic acids is 3. The molecule has 166 valence electrons. The monoisotopic (exact) mass is 435 g/mol. The number of amides is 3. The maximum atomic E-state index is 13.4. The maximum absolute atomic E-state index is 13.4. The van der Waals surface area contributed by atoms with Crippen LogP contribution in [0.1, 0.15) is 35.2 Å². The smallest absolute Gasteiger partial charge is 0.248 e. The third-order valence-electron chi connectivity index (χ3n) is 6.17. The van der Waals surface area contributed by atoms with Gasteiger partial charge in [-0.1, -0.05) is 12.1 Å². The van der Waals surface area contributed by atoms with Crippen LogP contribution in [0.3, 0.4) is 0 Å². The Morgan fingerprint density at radius 3 is 2.44 bits per heavy atom. The van der Waals surface area contributed by atoms with Crippen molar-refractivity contribution in [2.75, 3.05) is 24.7 Å². The van der Waals surface area contributed by atoms with E-state index in [1.54, 1.807) is 29.2 Å². The van der Waals surface area contributed by atoms with E-state index in [9.17, 15) is 14.4 Å². The van der Waals surface area contributed by atoms with Gasteiger partial charge in [-0.2, -0.15) is 0 Å². The van der Waals surface area contributed by atoms with E-state index in [1.165, 1.54) is 0 Å². The fraction of sp³-hybridized carbons (Fsp3) is 0.375. The molecule has 5 rings (SSSR count). The van der Waals surface area contributed by atoms with E-state index in [0.29, 0.717) is 43.4 Å². The molecule has 0 bridgehead atoms. The van der Waals surface area contributed by atoms with E-state index in [1.807, 2.05) is 23.1 Å². The van der Waals surface area contributed by atoms with Crippen molar-refractivity contribution in [3.63, 3.8) is 0 Å². The summed E-state index contributed by atoms with van der Waals surface area (Å²) >= 11 is 0. The van der Waals surface area contributed by atoms with Crippen molar-refractivity contribution in [3.8, 4) is 11.5 Å². The van der Waals surface area contributed by atoms with Crippen LogP contribution in [0.5, 0.6) is 11.5 Å². The zero-order valence-corrected chi connectivity index (χ0v) is 17.7. The van der Waals surface area contributed by atoms with E-state index in [0.717, 1.165) is 24.1 Å². The van der Waals surface area contributed by atoms with Gasteiger partial charge in [0.1, 0.15) is 13.2 Å². The number of fused-ring (bicyclic) bond motifs is 1. The first-order valence-electron chi connectivity index (χ1n) is 10.9. The summed E-state index contributed by atoms with van der Waals surface area (Å²) in [7, 11) is 0. The number of ether oxygens (including phenoxy) is 2. The normalized spacial score (nSPS) is 19.7. The Bertz CT molecular complexity index is 1060. The Morgan fingerprint density at radius 1 is 1.03 bits per heavy atom. The molecule has 2 heterocycles. The first-order chi connectivity index (χ1) is 15.5. The molecule has 0 aromatic heterocycles. The number of primary amides is 1. The number of anilines is 1. The van der Waals surface area contributed by atoms with Crippen LogP contribution in [0.2, 0.25) is 0 Å². The van der Waals surface area contributed by atoms with Crippen molar-refractivity contribution in [3.05, 3.63) is 53.6 Å². The molecule has 3 aliphatic rings. The molecule has 1 unspecified atom stereocenters. The summed E-state index contributed by atoms with van der Waals surface area (Å²) in [5.41, 5.74) is 7.40. The number of carbonyl (C=O) groups is 3. The molecule has 2 aromatic rings. The molecule has 1 saturated heterocycles. The lowest BCUT2D eigenvalue weighted by Crippen LogP contribution is -2.38. The summed E-state index contributed by atoms with van der Waals surface area (Å²) in [6.45, 7) is 1.79. The van der Waals surface area contributed by atoms with E-state index in [-0.39, 0.29) is 30.2 Å². The lowest BCUT2D eigenvalue weighted by atomic mass is 10.1. The van der Waals surface area contributed by atoms with Crippen LogP contribution in [0.15, 0.2) is 42.5 Å². The molecule has 0 spiro atoms. The minimum atomic E-state index is -0.477. The number of nitrogens with two attached hydrogens (primary N) is 1. The Labute approximate surface area is 185 Å². The highest BCUT2D eigenvalue weighted by atomic mass is 16.6. The van der Waals surface area contributed by atoms with E-state index in [2.05, 4.69) is 0 Å². The fourth-order valence-corrected chi connectivity index (χ4v) is 4.30. The molecule has 2 N–H and O–H groups in total. The van der Waals surface area contributed by atoms with Crippen molar-refractivity contribution in [1.29, 1.82) is 0 Å². The first-order valence-corrected chi connectivity index (χ1v) is 10.9. The van der Waals surface area contributed by atoms with Crippen molar-refractivity contribution >= 4 is 23.4 Å². The summed E-state index contributed by atoms with van der Waals surface area (Å²) in [6.07, 6.45) is 2.13. The Hall–Kier alpha value is -3.55. The van der Waals surface area contributed by atoms with Crippen LogP contribution in [-0.2, 0) is 16.1 Å². The van der Waals surface area contributed by atoms with Gasteiger partial charge in [-0.15, -0.1) is 0 Å². The fourth-order valence-electron chi connectivity index (χ4n) is 4.30. The summed E-state index contributed by atoms with van der Waals surface area (Å²) in [5, 5.41) is 0. The summed E-state index contributed by atoms with van der Waals surface area (Å²) in [5.74, 6) is 0.356. The highest BCUT2D eigenvalue weighted by molar-refractivity contribution is 6.00. The molecular weight excluding hydrogens is 410 g/mol. The molecular formula is C24H25N3O5. The highest BCUT2D eigenvalue weighted by Crippen LogP contribution is 2.37. The third kappa shape index (κ3) is 4.00. The molecule has 2 fully saturated rings.